The molecule has 1 aliphatic heterocycles. The maximum Gasteiger partial charge on any atom is 0.138 e. The molecular formula is C12H18ClN3. The fraction of sp³-hybridized carbons (Fsp3) is 0.667. The first-order valence-corrected chi connectivity index (χ1v) is 6.22. The van der Waals surface area contributed by atoms with Crippen LogP contribution in [0.25, 0.3) is 0 Å². The predicted octanol–water partition coefficient (Wildman–Crippen LogP) is 3.10. The normalized spacial score (nSPS) is 20.8. The maximum absolute atomic E-state index is 6.16. The summed E-state index contributed by atoms with van der Waals surface area (Å²) in [4.78, 5) is 10.8. The van der Waals surface area contributed by atoms with Crippen molar-refractivity contribution in [1.82, 2.24) is 9.97 Å². The molecule has 4 heteroatoms. The highest BCUT2D eigenvalue weighted by atomic mass is 35.5. The molecule has 0 aromatic carbocycles. The first-order valence-electron chi connectivity index (χ1n) is 5.85. The van der Waals surface area contributed by atoms with Gasteiger partial charge in [-0.25, -0.2) is 9.97 Å². The Morgan fingerprint density at radius 1 is 1.44 bits per heavy atom. The van der Waals surface area contributed by atoms with Crippen LogP contribution in [0.15, 0.2) is 6.33 Å². The molecule has 0 aliphatic carbocycles. The van der Waals surface area contributed by atoms with Crippen LogP contribution in [0.2, 0.25) is 5.15 Å². The Bertz CT molecular complexity index is 379. The largest absolute Gasteiger partial charge is 0.356 e. The Labute approximate surface area is 102 Å². The third kappa shape index (κ3) is 2.14. The van der Waals surface area contributed by atoms with Gasteiger partial charge in [-0.2, -0.15) is 0 Å². The van der Waals surface area contributed by atoms with E-state index in [9.17, 15) is 0 Å². The van der Waals surface area contributed by atoms with Gasteiger partial charge in [-0.05, 0) is 18.3 Å². The van der Waals surface area contributed by atoms with Gasteiger partial charge in [0.2, 0.25) is 0 Å². The molecule has 88 valence electrons. The van der Waals surface area contributed by atoms with Gasteiger partial charge < -0.3 is 4.90 Å². The van der Waals surface area contributed by atoms with Gasteiger partial charge in [0, 0.05) is 18.7 Å². The Kier molecular flexibility index (Phi) is 3.33. The standard InChI is InChI=1S/C12H18ClN3/c1-8(2)10-11(13)14-7-15-12(10)16-5-4-9(3)6-16/h7-9H,4-6H2,1-3H3. The summed E-state index contributed by atoms with van der Waals surface area (Å²) in [5.74, 6) is 2.13. The molecule has 1 aromatic rings. The molecule has 1 atom stereocenters. The summed E-state index contributed by atoms with van der Waals surface area (Å²) >= 11 is 6.16. The van der Waals surface area contributed by atoms with E-state index >= 15 is 0 Å². The van der Waals surface area contributed by atoms with Crippen LogP contribution in [-0.4, -0.2) is 23.1 Å². The zero-order chi connectivity index (χ0) is 11.7. The van der Waals surface area contributed by atoms with Crippen molar-refractivity contribution in [3.8, 4) is 0 Å². The Balaban J connectivity index is 2.36. The second kappa shape index (κ2) is 4.58. The highest BCUT2D eigenvalue weighted by Gasteiger charge is 2.24. The maximum atomic E-state index is 6.16. The smallest absolute Gasteiger partial charge is 0.138 e. The number of aromatic nitrogens is 2. The number of anilines is 1. The molecule has 0 bridgehead atoms. The molecule has 1 saturated heterocycles. The molecule has 1 unspecified atom stereocenters. The Morgan fingerprint density at radius 2 is 2.19 bits per heavy atom. The van der Waals surface area contributed by atoms with Gasteiger partial charge in [-0.15, -0.1) is 0 Å². The van der Waals surface area contributed by atoms with Crippen molar-refractivity contribution >= 4 is 17.4 Å². The molecule has 3 nitrogen and oxygen atoms in total. The lowest BCUT2D eigenvalue weighted by molar-refractivity contribution is 0.658. The lowest BCUT2D eigenvalue weighted by Gasteiger charge is -2.22. The number of hydrogen-bond acceptors (Lipinski definition) is 3. The van der Waals surface area contributed by atoms with Crippen LogP contribution in [-0.2, 0) is 0 Å². The number of halogens is 1. The SMILES string of the molecule is CC1CCN(c2ncnc(Cl)c2C(C)C)C1. The van der Waals surface area contributed by atoms with E-state index < -0.39 is 0 Å². The van der Waals surface area contributed by atoms with Crippen molar-refractivity contribution in [3.63, 3.8) is 0 Å². The zero-order valence-electron chi connectivity index (χ0n) is 10.1. The average molecular weight is 240 g/mol. The minimum absolute atomic E-state index is 0.361. The third-order valence-electron chi connectivity index (χ3n) is 3.12. The zero-order valence-corrected chi connectivity index (χ0v) is 10.8. The fourth-order valence-corrected chi connectivity index (χ4v) is 2.59. The van der Waals surface area contributed by atoms with Crippen LogP contribution in [0, 0.1) is 5.92 Å². The van der Waals surface area contributed by atoms with Gasteiger partial charge in [0.05, 0.1) is 0 Å². The topological polar surface area (TPSA) is 29.0 Å². The van der Waals surface area contributed by atoms with Crippen molar-refractivity contribution in [2.24, 2.45) is 5.92 Å². The number of nitrogens with zero attached hydrogens (tertiary/aromatic N) is 3. The van der Waals surface area contributed by atoms with Crippen molar-refractivity contribution < 1.29 is 0 Å². The summed E-state index contributed by atoms with van der Waals surface area (Å²) in [7, 11) is 0. The summed E-state index contributed by atoms with van der Waals surface area (Å²) in [5, 5.41) is 0.597. The van der Waals surface area contributed by atoms with Crippen LogP contribution < -0.4 is 4.90 Å². The molecular weight excluding hydrogens is 222 g/mol. The Hall–Kier alpha value is -0.830. The summed E-state index contributed by atoms with van der Waals surface area (Å²) < 4.78 is 0. The van der Waals surface area contributed by atoms with E-state index in [1.54, 1.807) is 6.33 Å². The van der Waals surface area contributed by atoms with Gasteiger partial charge in [0.15, 0.2) is 0 Å². The van der Waals surface area contributed by atoms with E-state index in [1.165, 1.54) is 6.42 Å². The molecule has 0 N–H and O–H groups in total. The minimum Gasteiger partial charge on any atom is -0.356 e. The van der Waals surface area contributed by atoms with Crippen LogP contribution >= 0.6 is 11.6 Å². The van der Waals surface area contributed by atoms with Crippen LogP contribution in [0.4, 0.5) is 5.82 Å². The van der Waals surface area contributed by atoms with Gasteiger partial charge >= 0.3 is 0 Å². The van der Waals surface area contributed by atoms with Crippen molar-refractivity contribution in [3.05, 3.63) is 17.0 Å². The van der Waals surface area contributed by atoms with E-state index in [4.69, 9.17) is 11.6 Å². The molecule has 2 heterocycles. The molecule has 1 fully saturated rings. The van der Waals surface area contributed by atoms with E-state index in [2.05, 4.69) is 35.6 Å². The molecule has 0 spiro atoms. The van der Waals surface area contributed by atoms with Crippen molar-refractivity contribution in [2.75, 3.05) is 18.0 Å². The molecule has 1 aromatic heterocycles. The second-order valence-electron chi connectivity index (χ2n) is 4.90. The molecule has 0 saturated carbocycles. The van der Waals surface area contributed by atoms with Crippen LogP contribution in [0.3, 0.4) is 0 Å². The molecule has 2 rings (SSSR count). The monoisotopic (exact) mass is 239 g/mol. The second-order valence-corrected chi connectivity index (χ2v) is 5.25. The highest BCUT2D eigenvalue weighted by molar-refractivity contribution is 6.30. The van der Waals surface area contributed by atoms with E-state index in [0.717, 1.165) is 30.4 Å². The van der Waals surface area contributed by atoms with Gasteiger partial charge in [-0.3, -0.25) is 0 Å². The van der Waals surface area contributed by atoms with E-state index in [0.29, 0.717) is 11.1 Å². The minimum atomic E-state index is 0.361. The van der Waals surface area contributed by atoms with Crippen LogP contribution in [0.1, 0.15) is 38.7 Å². The van der Waals surface area contributed by atoms with Gasteiger partial charge in [0.25, 0.3) is 0 Å². The van der Waals surface area contributed by atoms with E-state index in [1.807, 2.05) is 0 Å². The third-order valence-corrected chi connectivity index (χ3v) is 3.42. The number of rotatable bonds is 2. The quantitative estimate of drug-likeness (QED) is 0.743. The van der Waals surface area contributed by atoms with Crippen molar-refractivity contribution in [1.29, 1.82) is 0 Å². The Morgan fingerprint density at radius 3 is 2.75 bits per heavy atom. The van der Waals surface area contributed by atoms with E-state index in [-0.39, 0.29) is 0 Å². The summed E-state index contributed by atoms with van der Waals surface area (Å²) in [6.07, 6.45) is 2.80. The summed E-state index contributed by atoms with van der Waals surface area (Å²) in [6, 6.07) is 0. The average Bonchev–Trinajstić information content (AvgIpc) is 2.63. The summed E-state index contributed by atoms with van der Waals surface area (Å²) in [6.45, 7) is 8.69. The molecule has 0 amide bonds. The van der Waals surface area contributed by atoms with Crippen LogP contribution in [0.5, 0.6) is 0 Å². The lowest BCUT2D eigenvalue weighted by Crippen LogP contribution is -2.22. The van der Waals surface area contributed by atoms with Gasteiger partial charge in [-0.1, -0.05) is 32.4 Å². The highest BCUT2D eigenvalue weighted by Crippen LogP contribution is 2.32. The molecule has 0 radical (unpaired) electrons. The molecule has 16 heavy (non-hydrogen) atoms. The van der Waals surface area contributed by atoms with Crippen molar-refractivity contribution in [2.45, 2.75) is 33.1 Å². The predicted molar refractivity (Wildman–Crippen MR) is 67.1 cm³/mol. The van der Waals surface area contributed by atoms with Gasteiger partial charge in [0.1, 0.15) is 17.3 Å². The number of hydrogen-bond donors (Lipinski definition) is 0. The summed E-state index contributed by atoms with van der Waals surface area (Å²) in [5.41, 5.74) is 1.08. The first-order chi connectivity index (χ1) is 7.59. The fourth-order valence-electron chi connectivity index (χ4n) is 2.24. The molecule has 1 aliphatic rings. The first kappa shape index (κ1) is 11.6. The lowest BCUT2D eigenvalue weighted by atomic mass is 10.1.